The van der Waals surface area contributed by atoms with Crippen molar-refractivity contribution in [1.82, 2.24) is 0 Å². The SMILES string of the molecule is CC/C=C/c1c(OC)cc(O)cc1OC. The Bertz CT molecular complexity index is 331. The van der Waals surface area contributed by atoms with Gasteiger partial charge in [0.1, 0.15) is 17.2 Å². The maximum atomic E-state index is 9.42. The summed E-state index contributed by atoms with van der Waals surface area (Å²) < 4.78 is 10.3. The second-order valence-electron chi connectivity index (χ2n) is 3.07. The van der Waals surface area contributed by atoms with Crippen molar-refractivity contribution in [3.8, 4) is 17.2 Å². The van der Waals surface area contributed by atoms with E-state index in [2.05, 4.69) is 6.92 Å². The Kier molecular flexibility index (Phi) is 4.03. The average Bonchev–Trinajstić information content (AvgIpc) is 2.26. The Balaban J connectivity index is 3.24. The van der Waals surface area contributed by atoms with Gasteiger partial charge >= 0.3 is 0 Å². The Morgan fingerprint density at radius 2 is 1.73 bits per heavy atom. The Morgan fingerprint density at radius 1 is 1.20 bits per heavy atom. The molecule has 0 saturated heterocycles. The quantitative estimate of drug-likeness (QED) is 0.826. The van der Waals surface area contributed by atoms with Crippen LogP contribution in [0.5, 0.6) is 17.2 Å². The minimum absolute atomic E-state index is 0.136. The lowest BCUT2D eigenvalue weighted by Gasteiger charge is -2.10. The molecule has 1 aromatic rings. The zero-order valence-corrected chi connectivity index (χ0v) is 9.28. The predicted molar refractivity (Wildman–Crippen MR) is 60.5 cm³/mol. The Hall–Kier alpha value is -1.64. The number of phenolic OH excluding ortho intramolecular Hbond substituents is 1. The fraction of sp³-hybridized carbons (Fsp3) is 0.333. The Labute approximate surface area is 90.0 Å². The summed E-state index contributed by atoms with van der Waals surface area (Å²) in [7, 11) is 3.13. The Morgan fingerprint density at radius 3 is 2.13 bits per heavy atom. The van der Waals surface area contributed by atoms with Crippen molar-refractivity contribution in [3.05, 3.63) is 23.8 Å². The lowest BCUT2D eigenvalue weighted by Crippen LogP contribution is -1.92. The summed E-state index contributed by atoms with van der Waals surface area (Å²) in [5.74, 6) is 1.35. The molecule has 1 aromatic carbocycles. The molecule has 0 atom stereocenters. The van der Waals surface area contributed by atoms with E-state index in [1.165, 1.54) is 0 Å². The first-order chi connectivity index (χ1) is 7.22. The van der Waals surface area contributed by atoms with Crippen LogP contribution < -0.4 is 9.47 Å². The standard InChI is InChI=1S/C12H16O3/c1-4-5-6-10-11(14-2)7-9(13)8-12(10)15-3/h5-8,13H,4H2,1-3H3/b6-5+. The van der Waals surface area contributed by atoms with Gasteiger partial charge < -0.3 is 14.6 Å². The zero-order chi connectivity index (χ0) is 11.3. The molecule has 0 unspecified atom stereocenters. The van der Waals surface area contributed by atoms with Crippen molar-refractivity contribution in [1.29, 1.82) is 0 Å². The first kappa shape index (κ1) is 11.4. The molecule has 0 saturated carbocycles. The van der Waals surface area contributed by atoms with Gasteiger partial charge in [0.25, 0.3) is 0 Å². The fourth-order valence-corrected chi connectivity index (χ4v) is 1.32. The number of aromatic hydroxyl groups is 1. The van der Waals surface area contributed by atoms with Crippen molar-refractivity contribution in [2.75, 3.05) is 14.2 Å². The van der Waals surface area contributed by atoms with Gasteiger partial charge in [-0.25, -0.2) is 0 Å². The third-order valence-corrected chi connectivity index (χ3v) is 2.05. The topological polar surface area (TPSA) is 38.7 Å². The molecule has 0 aliphatic heterocycles. The van der Waals surface area contributed by atoms with E-state index in [-0.39, 0.29) is 5.75 Å². The molecule has 0 bridgehead atoms. The van der Waals surface area contributed by atoms with Crippen LogP contribution in [0.15, 0.2) is 18.2 Å². The van der Waals surface area contributed by atoms with Crippen LogP contribution in [0.3, 0.4) is 0 Å². The lowest BCUT2D eigenvalue weighted by atomic mass is 10.1. The molecule has 0 aromatic heterocycles. The minimum Gasteiger partial charge on any atom is -0.508 e. The molecule has 0 aliphatic rings. The predicted octanol–water partition coefficient (Wildman–Crippen LogP) is 2.83. The van der Waals surface area contributed by atoms with Crippen molar-refractivity contribution < 1.29 is 14.6 Å². The molecular formula is C12H16O3. The van der Waals surface area contributed by atoms with E-state index in [9.17, 15) is 5.11 Å². The summed E-state index contributed by atoms with van der Waals surface area (Å²) in [6.07, 6.45) is 4.88. The van der Waals surface area contributed by atoms with Crippen LogP contribution in [0.2, 0.25) is 0 Å². The van der Waals surface area contributed by atoms with E-state index in [0.717, 1.165) is 12.0 Å². The normalized spacial score (nSPS) is 10.6. The molecule has 1 rings (SSSR count). The molecule has 0 fully saturated rings. The molecule has 82 valence electrons. The van der Waals surface area contributed by atoms with Crippen LogP contribution in [0.1, 0.15) is 18.9 Å². The molecule has 0 heterocycles. The molecule has 0 radical (unpaired) electrons. The van der Waals surface area contributed by atoms with Gasteiger partial charge in [0.05, 0.1) is 19.8 Å². The van der Waals surface area contributed by atoms with Crippen LogP contribution in [0.4, 0.5) is 0 Å². The van der Waals surface area contributed by atoms with Gasteiger partial charge in [-0.2, -0.15) is 0 Å². The molecule has 0 aliphatic carbocycles. The summed E-state index contributed by atoms with van der Waals surface area (Å²) in [5.41, 5.74) is 0.847. The number of phenols is 1. The third kappa shape index (κ3) is 2.65. The monoisotopic (exact) mass is 208 g/mol. The van der Waals surface area contributed by atoms with Crippen LogP contribution >= 0.6 is 0 Å². The van der Waals surface area contributed by atoms with Gasteiger partial charge in [-0.15, -0.1) is 0 Å². The van der Waals surface area contributed by atoms with Gasteiger partial charge in [0, 0.05) is 12.1 Å². The molecule has 1 N–H and O–H groups in total. The second-order valence-corrected chi connectivity index (χ2v) is 3.07. The maximum Gasteiger partial charge on any atom is 0.133 e. The number of benzene rings is 1. The first-order valence-electron chi connectivity index (χ1n) is 4.84. The van der Waals surface area contributed by atoms with Gasteiger partial charge in [-0.1, -0.05) is 19.1 Å². The lowest BCUT2D eigenvalue weighted by molar-refractivity contribution is 0.383. The summed E-state index contributed by atoms with van der Waals surface area (Å²) in [5, 5.41) is 9.42. The minimum atomic E-state index is 0.136. The van der Waals surface area contributed by atoms with Crippen molar-refractivity contribution in [2.45, 2.75) is 13.3 Å². The van der Waals surface area contributed by atoms with Gasteiger partial charge in [0.2, 0.25) is 0 Å². The number of hydrogen-bond acceptors (Lipinski definition) is 3. The van der Waals surface area contributed by atoms with E-state index in [1.807, 2.05) is 12.2 Å². The van der Waals surface area contributed by atoms with Crippen molar-refractivity contribution in [3.63, 3.8) is 0 Å². The zero-order valence-electron chi connectivity index (χ0n) is 9.28. The van der Waals surface area contributed by atoms with E-state index in [0.29, 0.717) is 11.5 Å². The molecule has 0 amide bonds. The van der Waals surface area contributed by atoms with Crippen LogP contribution in [-0.4, -0.2) is 19.3 Å². The third-order valence-electron chi connectivity index (χ3n) is 2.05. The molecule has 3 heteroatoms. The summed E-state index contributed by atoms with van der Waals surface area (Å²) in [6, 6.07) is 3.13. The summed E-state index contributed by atoms with van der Waals surface area (Å²) in [6.45, 7) is 2.05. The molecule has 3 nitrogen and oxygen atoms in total. The fourth-order valence-electron chi connectivity index (χ4n) is 1.32. The van der Waals surface area contributed by atoms with E-state index < -0.39 is 0 Å². The van der Waals surface area contributed by atoms with Gasteiger partial charge in [-0.05, 0) is 6.42 Å². The number of methoxy groups -OCH3 is 2. The van der Waals surface area contributed by atoms with Crippen molar-refractivity contribution in [2.24, 2.45) is 0 Å². The largest absolute Gasteiger partial charge is 0.508 e. The summed E-state index contributed by atoms with van der Waals surface area (Å²) >= 11 is 0. The van der Waals surface area contributed by atoms with Crippen molar-refractivity contribution >= 4 is 6.08 Å². The second kappa shape index (κ2) is 5.29. The first-order valence-corrected chi connectivity index (χ1v) is 4.84. The highest BCUT2D eigenvalue weighted by Gasteiger charge is 2.09. The van der Waals surface area contributed by atoms with Crippen LogP contribution in [-0.2, 0) is 0 Å². The summed E-state index contributed by atoms with van der Waals surface area (Å²) in [4.78, 5) is 0. The number of rotatable bonds is 4. The van der Waals surface area contributed by atoms with Gasteiger partial charge in [-0.3, -0.25) is 0 Å². The van der Waals surface area contributed by atoms with Crippen LogP contribution in [0, 0.1) is 0 Å². The van der Waals surface area contributed by atoms with Crippen LogP contribution in [0.25, 0.3) is 6.08 Å². The highest BCUT2D eigenvalue weighted by Crippen LogP contribution is 2.34. The molecule has 15 heavy (non-hydrogen) atoms. The van der Waals surface area contributed by atoms with E-state index in [4.69, 9.17) is 9.47 Å². The number of allylic oxidation sites excluding steroid dienone is 1. The number of hydrogen-bond donors (Lipinski definition) is 1. The number of ether oxygens (including phenoxy) is 2. The molecular weight excluding hydrogens is 192 g/mol. The molecule has 0 spiro atoms. The van der Waals surface area contributed by atoms with Gasteiger partial charge in [0.15, 0.2) is 0 Å². The highest BCUT2D eigenvalue weighted by atomic mass is 16.5. The van der Waals surface area contributed by atoms with E-state index >= 15 is 0 Å². The highest BCUT2D eigenvalue weighted by molar-refractivity contribution is 5.66. The maximum absolute atomic E-state index is 9.42. The average molecular weight is 208 g/mol. The van der Waals surface area contributed by atoms with E-state index in [1.54, 1.807) is 26.4 Å². The smallest absolute Gasteiger partial charge is 0.133 e.